The van der Waals surface area contributed by atoms with Crippen LogP contribution in [0, 0.1) is 0 Å². The van der Waals surface area contributed by atoms with Crippen LogP contribution in [0.4, 0.5) is 15.5 Å². The molecule has 3 rings (SSSR count). The molecule has 0 fully saturated rings. The molecule has 0 aliphatic carbocycles. The van der Waals surface area contributed by atoms with Crippen LogP contribution in [0.25, 0.3) is 6.08 Å². The molecule has 2 aromatic rings. The van der Waals surface area contributed by atoms with Crippen molar-refractivity contribution in [1.29, 1.82) is 0 Å². The van der Waals surface area contributed by atoms with Gasteiger partial charge in [0.25, 0.3) is 0 Å². The first-order chi connectivity index (χ1) is 8.25. The molecular weight excluding hydrogens is 236 g/mol. The largest absolute Gasteiger partial charge is 0.529 e. The number of amides is 1. The van der Waals surface area contributed by atoms with Crippen molar-refractivity contribution in [2.75, 3.05) is 0 Å². The molecule has 0 bridgehead atoms. The quantitative estimate of drug-likeness (QED) is 0.783. The second-order valence-electron chi connectivity index (χ2n) is 3.73. The summed E-state index contributed by atoms with van der Waals surface area (Å²) in [5.74, 6) is 0. The van der Waals surface area contributed by atoms with Gasteiger partial charge in [0.2, 0.25) is 5.00 Å². The number of hydrogen-bond acceptors (Lipinski definition) is 3. The predicted octanol–water partition coefficient (Wildman–Crippen LogP) is 3.44. The van der Waals surface area contributed by atoms with E-state index in [0.29, 0.717) is 5.00 Å². The summed E-state index contributed by atoms with van der Waals surface area (Å²) in [6.45, 7) is 0. The molecule has 1 unspecified atom stereocenters. The normalized spacial score (nSPS) is 21.4. The highest BCUT2D eigenvalue weighted by Gasteiger charge is 2.46. The molecule has 1 atom stereocenters. The summed E-state index contributed by atoms with van der Waals surface area (Å²) in [7, 11) is 0. The molecule has 1 aromatic heterocycles. The van der Waals surface area contributed by atoms with E-state index in [-0.39, 0.29) is 4.48 Å². The summed E-state index contributed by atoms with van der Waals surface area (Å²) in [4.78, 5) is 11.7. The second-order valence-corrected chi connectivity index (χ2v) is 4.54. The first kappa shape index (κ1) is 10.2. The monoisotopic (exact) mass is 245 g/mol. The molecule has 1 aliphatic heterocycles. The number of nitrogens with zero attached hydrogens (tertiary/aromatic N) is 2. The third kappa shape index (κ3) is 1.26. The van der Waals surface area contributed by atoms with Crippen LogP contribution >= 0.6 is 11.5 Å². The van der Waals surface area contributed by atoms with Gasteiger partial charge in [0, 0.05) is 41.5 Å². The zero-order valence-corrected chi connectivity index (χ0v) is 9.59. The van der Waals surface area contributed by atoms with Crippen molar-refractivity contribution < 1.29 is 9.90 Å². The van der Waals surface area contributed by atoms with E-state index >= 15 is 0 Å². The van der Waals surface area contributed by atoms with Crippen LogP contribution < -0.4 is 4.48 Å². The molecule has 0 radical (unpaired) electrons. The number of hydrogen-bond donors (Lipinski definition) is 1. The highest BCUT2D eigenvalue weighted by atomic mass is 32.1. The minimum Gasteiger partial charge on any atom is -0.434 e. The van der Waals surface area contributed by atoms with E-state index in [1.54, 1.807) is 18.5 Å². The lowest BCUT2D eigenvalue weighted by atomic mass is 10.2. The van der Waals surface area contributed by atoms with Crippen LogP contribution in [0.2, 0.25) is 0 Å². The maximum Gasteiger partial charge on any atom is 0.529 e. The molecule has 1 aromatic carbocycles. The molecule has 0 spiro atoms. The number of aromatic nitrogens is 1. The van der Waals surface area contributed by atoms with Crippen LogP contribution in [0.15, 0.2) is 42.7 Å². The summed E-state index contributed by atoms with van der Waals surface area (Å²) in [5.41, 5.74) is 1.69. The molecule has 2 heterocycles. The maximum absolute atomic E-state index is 11.7. The Morgan fingerprint density at radius 3 is 2.82 bits per heavy atom. The Bertz CT molecular complexity index is 607. The number of para-hydroxylation sites is 1. The van der Waals surface area contributed by atoms with Gasteiger partial charge in [0.1, 0.15) is 6.20 Å². The summed E-state index contributed by atoms with van der Waals surface area (Å²) in [6, 6.07) is 9.24. The van der Waals surface area contributed by atoms with Gasteiger partial charge < -0.3 is 5.11 Å². The van der Waals surface area contributed by atoms with Gasteiger partial charge >= 0.3 is 6.09 Å². The number of fused-ring (bicyclic) bond motifs is 1. The SMILES string of the molecule is O=C(O)[N+]1(c2ccns2)C=Cc2ccccc21. The average Bonchev–Trinajstić information content (AvgIpc) is 2.96. The number of rotatable bonds is 1. The Balaban J connectivity index is 2.30. The van der Waals surface area contributed by atoms with Gasteiger partial charge in [-0.1, -0.05) is 12.1 Å². The maximum atomic E-state index is 11.7. The fourth-order valence-electron chi connectivity index (χ4n) is 2.07. The minimum absolute atomic E-state index is 0.291. The number of carbonyl (C=O) groups is 1. The summed E-state index contributed by atoms with van der Waals surface area (Å²) >= 11 is 1.20. The zero-order valence-electron chi connectivity index (χ0n) is 8.78. The summed E-state index contributed by atoms with van der Waals surface area (Å²) in [5, 5.41) is 10.3. The van der Waals surface area contributed by atoms with Crippen LogP contribution in [0.1, 0.15) is 5.56 Å². The van der Waals surface area contributed by atoms with E-state index in [0.717, 1.165) is 11.3 Å². The third-order valence-corrected chi connectivity index (χ3v) is 3.71. The van der Waals surface area contributed by atoms with Gasteiger partial charge in [0.05, 0.1) is 0 Å². The van der Waals surface area contributed by atoms with Gasteiger partial charge in [-0.05, 0) is 6.07 Å². The molecule has 5 heteroatoms. The van der Waals surface area contributed by atoms with Crippen molar-refractivity contribution in [1.82, 2.24) is 8.86 Å². The highest BCUT2D eigenvalue weighted by Crippen LogP contribution is 2.44. The zero-order chi connectivity index (χ0) is 11.9. The van der Waals surface area contributed by atoms with Crippen molar-refractivity contribution in [3.05, 3.63) is 48.3 Å². The number of carboxylic acid groups (broad SMARTS) is 1. The smallest absolute Gasteiger partial charge is 0.434 e. The van der Waals surface area contributed by atoms with Gasteiger partial charge in [-0.25, -0.2) is 0 Å². The first-order valence-electron chi connectivity index (χ1n) is 5.07. The summed E-state index contributed by atoms with van der Waals surface area (Å²) in [6.07, 6.45) is 4.22. The lowest BCUT2D eigenvalue weighted by Gasteiger charge is -2.22. The van der Waals surface area contributed by atoms with Gasteiger partial charge in [-0.3, -0.25) is 0 Å². The Kier molecular flexibility index (Phi) is 2.10. The molecule has 4 nitrogen and oxygen atoms in total. The van der Waals surface area contributed by atoms with Crippen molar-refractivity contribution in [2.24, 2.45) is 0 Å². The van der Waals surface area contributed by atoms with E-state index in [2.05, 4.69) is 4.37 Å². The highest BCUT2D eigenvalue weighted by molar-refractivity contribution is 7.10. The minimum atomic E-state index is -0.921. The molecule has 1 N–H and O–H groups in total. The third-order valence-electron chi connectivity index (χ3n) is 2.87. The predicted molar refractivity (Wildman–Crippen MR) is 67.1 cm³/mol. The van der Waals surface area contributed by atoms with Crippen molar-refractivity contribution in [2.45, 2.75) is 0 Å². The van der Waals surface area contributed by atoms with E-state index in [9.17, 15) is 9.90 Å². The van der Waals surface area contributed by atoms with Gasteiger partial charge in [-0.15, -0.1) is 4.48 Å². The van der Waals surface area contributed by atoms with Crippen molar-refractivity contribution in [3.8, 4) is 0 Å². The van der Waals surface area contributed by atoms with E-state index in [1.165, 1.54) is 11.5 Å². The molecule has 0 saturated carbocycles. The topological polar surface area (TPSA) is 50.2 Å². The van der Waals surface area contributed by atoms with Crippen molar-refractivity contribution in [3.63, 3.8) is 0 Å². The molecule has 84 valence electrons. The van der Waals surface area contributed by atoms with Crippen LogP contribution in [0.5, 0.6) is 0 Å². The molecular formula is C12H9N2O2S+. The Morgan fingerprint density at radius 2 is 2.12 bits per heavy atom. The number of benzene rings is 1. The molecule has 0 saturated heterocycles. The Labute approximate surface area is 102 Å². The lowest BCUT2D eigenvalue weighted by Crippen LogP contribution is -2.41. The van der Waals surface area contributed by atoms with Crippen molar-refractivity contribution >= 4 is 34.4 Å². The molecule has 17 heavy (non-hydrogen) atoms. The fourth-order valence-corrected chi connectivity index (χ4v) is 2.78. The van der Waals surface area contributed by atoms with Gasteiger partial charge in [0.15, 0.2) is 5.69 Å². The van der Waals surface area contributed by atoms with E-state index in [1.807, 2.05) is 30.3 Å². The molecule has 1 aliphatic rings. The van der Waals surface area contributed by atoms with Gasteiger partial charge in [-0.2, -0.15) is 9.17 Å². The average molecular weight is 245 g/mol. The summed E-state index contributed by atoms with van der Waals surface area (Å²) < 4.78 is 3.71. The second kappa shape index (κ2) is 3.51. The first-order valence-corrected chi connectivity index (χ1v) is 5.85. The van der Waals surface area contributed by atoms with Crippen LogP contribution in [0.3, 0.4) is 0 Å². The van der Waals surface area contributed by atoms with Crippen LogP contribution in [-0.4, -0.2) is 15.6 Å². The Hall–Kier alpha value is -1.98. The van der Waals surface area contributed by atoms with E-state index in [4.69, 9.17) is 0 Å². The lowest BCUT2D eigenvalue weighted by molar-refractivity contribution is 0.178. The Morgan fingerprint density at radius 1 is 1.29 bits per heavy atom. The van der Waals surface area contributed by atoms with E-state index < -0.39 is 6.09 Å². The number of quaternary nitrogens is 1. The fraction of sp³-hybridized carbons (Fsp3) is 0. The standard InChI is InChI=1S/C12H8N2O2S/c15-12(16)14(11-5-7-13-17-11)8-6-9-3-1-2-4-10(9)14/h1-8H/p+1. The molecule has 1 amide bonds. The van der Waals surface area contributed by atoms with Crippen LogP contribution in [-0.2, 0) is 0 Å².